The standard InChI is InChI=1S/C16H19NO3S/c1-11-4-7-16(12(2)8-11)21(18,19)10-13-5-6-14(17)9-15(13)20-3/h4-9H,10,17H2,1-3H3. The van der Waals surface area contributed by atoms with Crippen LogP contribution in [0.15, 0.2) is 41.3 Å². The summed E-state index contributed by atoms with van der Waals surface area (Å²) in [6.45, 7) is 3.74. The Labute approximate surface area is 125 Å². The quantitative estimate of drug-likeness (QED) is 0.882. The van der Waals surface area contributed by atoms with Gasteiger partial charge in [-0.2, -0.15) is 0 Å². The molecule has 112 valence electrons. The van der Waals surface area contributed by atoms with Gasteiger partial charge in [0.05, 0.1) is 17.8 Å². The van der Waals surface area contributed by atoms with E-state index in [1.165, 1.54) is 7.11 Å². The third kappa shape index (κ3) is 3.36. The molecule has 2 aromatic rings. The molecule has 0 fully saturated rings. The molecule has 0 aromatic heterocycles. The Morgan fingerprint density at radius 3 is 2.43 bits per heavy atom. The number of nitrogen functional groups attached to an aromatic ring is 1. The van der Waals surface area contributed by atoms with Crippen molar-refractivity contribution < 1.29 is 13.2 Å². The van der Waals surface area contributed by atoms with E-state index in [1.54, 1.807) is 37.3 Å². The lowest BCUT2D eigenvalue weighted by molar-refractivity contribution is 0.411. The number of aryl methyl sites for hydroxylation is 2. The first kappa shape index (κ1) is 15.4. The normalized spacial score (nSPS) is 11.4. The van der Waals surface area contributed by atoms with E-state index >= 15 is 0 Å². The third-order valence-corrected chi connectivity index (χ3v) is 5.14. The minimum absolute atomic E-state index is 0.111. The van der Waals surface area contributed by atoms with Gasteiger partial charge in [-0.15, -0.1) is 0 Å². The van der Waals surface area contributed by atoms with Gasteiger partial charge in [0, 0.05) is 17.3 Å². The average molecular weight is 305 g/mol. The zero-order valence-electron chi connectivity index (χ0n) is 12.4. The van der Waals surface area contributed by atoms with Gasteiger partial charge in [0.2, 0.25) is 0 Å². The van der Waals surface area contributed by atoms with Crippen molar-refractivity contribution in [1.82, 2.24) is 0 Å². The molecular formula is C16H19NO3S. The smallest absolute Gasteiger partial charge is 0.182 e. The topological polar surface area (TPSA) is 69.4 Å². The van der Waals surface area contributed by atoms with Crippen LogP contribution in [0.3, 0.4) is 0 Å². The van der Waals surface area contributed by atoms with Crippen molar-refractivity contribution in [2.45, 2.75) is 24.5 Å². The van der Waals surface area contributed by atoms with Gasteiger partial charge in [0.15, 0.2) is 9.84 Å². The van der Waals surface area contributed by atoms with Gasteiger partial charge in [-0.3, -0.25) is 0 Å². The second-order valence-corrected chi connectivity index (χ2v) is 7.06. The zero-order chi connectivity index (χ0) is 15.6. The summed E-state index contributed by atoms with van der Waals surface area (Å²) in [5.74, 6) is 0.378. The minimum Gasteiger partial charge on any atom is -0.496 e. The number of methoxy groups -OCH3 is 1. The molecule has 0 saturated carbocycles. The highest BCUT2D eigenvalue weighted by atomic mass is 32.2. The van der Waals surface area contributed by atoms with E-state index < -0.39 is 9.84 Å². The zero-order valence-corrected chi connectivity index (χ0v) is 13.2. The van der Waals surface area contributed by atoms with Crippen molar-refractivity contribution in [3.63, 3.8) is 0 Å². The first-order valence-electron chi connectivity index (χ1n) is 6.56. The molecule has 2 rings (SSSR count). The van der Waals surface area contributed by atoms with E-state index in [0.29, 0.717) is 21.9 Å². The van der Waals surface area contributed by atoms with Crippen molar-refractivity contribution in [3.8, 4) is 5.75 Å². The lowest BCUT2D eigenvalue weighted by atomic mass is 10.2. The highest BCUT2D eigenvalue weighted by Gasteiger charge is 2.20. The Bertz CT molecular complexity index is 767. The molecular weight excluding hydrogens is 286 g/mol. The monoisotopic (exact) mass is 305 g/mol. The van der Waals surface area contributed by atoms with E-state index in [4.69, 9.17) is 10.5 Å². The second-order valence-electron chi connectivity index (χ2n) is 5.10. The van der Waals surface area contributed by atoms with Crippen LogP contribution in [0.4, 0.5) is 5.69 Å². The van der Waals surface area contributed by atoms with E-state index in [0.717, 1.165) is 11.1 Å². The molecule has 2 N–H and O–H groups in total. The Kier molecular flexibility index (Phi) is 4.23. The fraction of sp³-hybridized carbons (Fsp3) is 0.250. The van der Waals surface area contributed by atoms with E-state index in [9.17, 15) is 8.42 Å². The van der Waals surface area contributed by atoms with Crippen LogP contribution in [0.25, 0.3) is 0 Å². The first-order valence-corrected chi connectivity index (χ1v) is 8.21. The molecule has 0 atom stereocenters. The number of nitrogens with two attached hydrogens (primary N) is 1. The van der Waals surface area contributed by atoms with Crippen LogP contribution in [-0.4, -0.2) is 15.5 Å². The van der Waals surface area contributed by atoms with Gasteiger partial charge in [0.1, 0.15) is 5.75 Å². The number of benzene rings is 2. The molecule has 0 aliphatic rings. The lowest BCUT2D eigenvalue weighted by Gasteiger charge is -2.12. The van der Waals surface area contributed by atoms with E-state index in [1.807, 2.05) is 13.0 Å². The summed E-state index contributed by atoms with van der Waals surface area (Å²) in [7, 11) is -1.93. The average Bonchev–Trinajstić information content (AvgIpc) is 2.40. The highest BCUT2D eigenvalue weighted by Crippen LogP contribution is 2.27. The molecule has 0 bridgehead atoms. The van der Waals surface area contributed by atoms with Gasteiger partial charge in [-0.1, -0.05) is 23.8 Å². The molecule has 0 heterocycles. The predicted molar refractivity (Wildman–Crippen MR) is 84.2 cm³/mol. The summed E-state index contributed by atoms with van der Waals surface area (Å²) in [5, 5.41) is 0. The van der Waals surface area contributed by atoms with Crippen LogP contribution in [0.5, 0.6) is 5.75 Å². The Hall–Kier alpha value is -2.01. The number of ether oxygens (including phenoxy) is 1. The van der Waals surface area contributed by atoms with Crippen molar-refractivity contribution in [3.05, 3.63) is 53.1 Å². The molecule has 5 heteroatoms. The Morgan fingerprint density at radius 1 is 1.10 bits per heavy atom. The lowest BCUT2D eigenvalue weighted by Crippen LogP contribution is -2.08. The molecule has 0 radical (unpaired) electrons. The Morgan fingerprint density at radius 2 is 1.81 bits per heavy atom. The second kappa shape index (κ2) is 5.77. The molecule has 4 nitrogen and oxygen atoms in total. The number of rotatable bonds is 4. The number of hydrogen-bond donors (Lipinski definition) is 1. The van der Waals surface area contributed by atoms with Gasteiger partial charge in [0.25, 0.3) is 0 Å². The van der Waals surface area contributed by atoms with Gasteiger partial charge >= 0.3 is 0 Å². The molecule has 0 aliphatic carbocycles. The van der Waals surface area contributed by atoms with Crippen LogP contribution < -0.4 is 10.5 Å². The first-order chi connectivity index (χ1) is 9.83. The summed E-state index contributed by atoms with van der Waals surface area (Å²) in [6.07, 6.45) is 0. The number of sulfone groups is 1. The number of anilines is 1. The molecule has 0 aliphatic heterocycles. The molecule has 21 heavy (non-hydrogen) atoms. The predicted octanol–water partition coefficient (Wildman–Crippen LogP) is 2.87. The third-order valence-electron chi connectivity index (χ3n) is 3.32. The Balaban J connectivity index is 2.42. The summed E-state index contributed by atoms with van der Waals surface area (Å²) >= 11 is 0. The van der Waals surface area contributed by atoms with Crippen LogP contribution in [0.2, 0.25) is 0 Å². The van der Waals surface area contributed by atoms with Crippen molar-refractivity contribution in [2.75, 3.05) is 12.8 Å². The molecule has 0 unspecified atom stereocenters. The van der Waals surface area contributed by atoms with Crippen LogP contribution >= 0.6 is 0 Å². The van der Waals surface area contributed by atoms with Gasteiger partial charge < -0.3 is 10.5 Å². The maximum Gasteiger partial charge on any atom is 0.182 e. The summed E-state index contributed by atoms with van der Waals surface area (Å²) < 4.78 is 30.4. The maximum absolute atomic E-state index is 12.6. The SMILES string of the molecule is COc1cc(N)ccc1CS(=O)(=O)c1ccc(C)cc1C. The molecule has 0 saturated heterocycles. The maximum atomic E-state index is 12.6. The van der Waals surface area contributed by atoms with Gasteiger partial charge in [-0.05, 0) is 31.5 Å². The fourth-order valence-electron chi connectivity index (χ4n) is 2.31. The minimum atomic E-state index is -3.43. The fourth-order valence-corrected chi connectivity index (χ4v) is 3.94. The van der Waals surface area contributed by atoms with Crippen molar-refractivity contribution in [1.29, 1.82) is 0 Å². The van der Waals surface area contributed by atoms with E-state index in [-0.39, 0.29) is 5.75 Å². The number of hydrogen-bond acceptors (Lipinski definition) is 4. The summed E-state index contributed by atoms with van der Waals surface area (Å²) in [6, 6.07) is 10.3. The molecule has 2 aromatic carbocycles. The molecule has 0 amide bonds. The van der Waals surface area contributed by atoms with Crippen LogP contribution in [-0.2, 0) is 15.6 Å². The molecule has 0 spiro atoms. The van der Waals surface area contributed by atoms with Crippen molar-refractivity contribution >= 4 is 15.5 Å². The van der Waals surface area contributed by atoms with Crippen LogP contribution in [0.1, 0.15) is 16.7 Å². The van der Waals surface area contributed by atoms with Crippen molar-refractivity contribution in [2.24, 2.45) is 0 Å². The van der Waals surface area contributed by atoms with Gasteiger partial charge in [-0.25, -0.2) is 8.42 Å². The van der Waals surface area contributed by atoms with Crippen LogP contribution in [0, 0.1) is 13.8 Å². The summed E-state index contributed by atoms with van der Waals surface area (Å²) in [4.78, 5) is 0.354. The largest absolute Gasteiger partial charge is 0.496 e. The highest BCUT2D eigenvalue weighted by molar-refractivity contribution is 7.90. The summed E-state index contributed by atoms with van der Waals surface area (Å²) in [5.41, 5.74) is 8.63. The van der Waals surface area contributed by atoms with E-state index in [2.05, 4.69) is 0 Å².